The van der Waals surface area contributed by atoms with Crippen LogP contribution in [-0.2, 0) is 4.79 Å². The smallest absolute Gasteiger partial charge is 0.217 e. The molecule has 1 aromatic rings. The summed E-state index contributed by atoms with van der Waals surface area (Å²) in [5.74, 6) is -1.64. The number of carbonyl (C=O) groups is 2. The first kappa shape index (κ1) is 13.0. The Balaban J connectivity index is 2.74. The van der Waals surface area contributed by atoms with Crippen LogP contribution in [0.2, 0.25) is 0 Å². The molecule has 0 aromatic heterocycles. The Morgan fingerprint density at radius 3 is 2.41 bits per heavy atom. The standard InChI is InChI=1S/C11H14N2O4/c12-7(2-4-10(13)16)11(17)6-1-3-8(14)9(15)5-6/h1,3,5,7,14-15H,2,4,12H2,(H2,13,16). The van der Waals surface area contributed by atoms with E-state index in [1.165, 1.54) is 12.1 Å². The van der Waals surface area contributed by atoms with Gasteiger partial charge >= 0.3 is 0 Å². The number of carbonyl (C=O) groups excluding carboxylic acids is 2. The van der Waals surface area contributed by atoms with E-state index in [1.54, 1.807) is 0 Å². The highest BCUT2D eigenvalue weighted by molar-refractivity contribution is 6.00. The molecule has 0 aliphatic rings. The lowest BCUT2D eigenvalue weighted by Gasteiger charge is -2.09. The van der Waals surface area contributed by atoms with Gasteiger partial charge in [0.15, 0.2) is 17.3 Å². The molecule has 1 amide bonds. The first-order valence-corrected chi connectivity index (χ1v) is 5.02. The summed E-state index contributed by atoms with van der Waals surface area (Å²) in [6.07, 6.45) is 0.173. The second kappa shape index (κ2) is 5.31. The SMILES string of the molecule is NC(=O)CCC(N)C(=O)c1ccc(O)c(O)c1. The molecule has 1 aromatic carbocycles. The van der Waals surface area contributed by atoms with Gasteiger partial charge in [-0.25, -0.2) is 0 Å². The zero-order valence-electron chi connectivity index (χ0n) is 9.09. The maximum absolute atomic E-state index is 11.8. The van der Waals surface area contributed by atoms with Crippen molar-refractivity contribution >= 4 is 11.7 Å². The van der Waals surface area contributed by atoms with Crippen LogP contribution in [0.15, 0.2) is 18.2 Å². The van der Waals surface area contributed by atoms with Crippen molar-refractivity contribution in [2.75, 3.05) is 0 Å². The number of amides is 1. The van der Waals surface area contributed by atoms with Crippen molar-refractivity contribution in [2.24, 2.45) is 11.5 Å². The molecule has 6 nitrogen and oxygen atoms in total. The number of primary amides is 1. The molecule has 17 heavy (non-hydrogen) atoms. The zero-order valence-corrected chi connectivity index (χ0v) is 9.09. The Morgan fingerprint density at radius 2 is 1.88 bits per heavy atom. The largest absolute Gasteiger partial charge is 0.504 e. The van der Waals surface area contributed by atoms with Crippen molar-refractivity contribution in [3.05, 3.63) is 23.8 Å². The summed E-state index contributed by atoms with van der Waals surface area (Å²) in [7, 11) is 0. The van der Waals surface area contributed by atoms with Gasteiger partial charge in [-0.15, -0.1) is 0 Å². The number of ketones is 1. The monoisotopic (exact) mass is 238 g/mol. The third kappa shape index (κ3) is 3.46. The van der Waals surface area contributed by atoms with Crippen LogP contribution in [0.4, 0.5) is 0 Å². The van der Waals surface area contributed by atoms with Crippen molar-refractivity contribution in [1.82, 2.24) is 0 Å². The summed E-state index contributed by atoms with van der Waals surface area (Å²) in [5.41, 5.74) is 10.7. The van der Waals surface area contributed by atoms with Gasteiger partial charge in [-0.1, -0.05) is 0 Å². The van der Waals surface area contributed by atoms with Crippen LogP contribution < -0.4 is 11.5 Å². The fraction of sp³-hybridized carbons (Fsp3) is 0.273. The van der Waals surface area contributed by atoms with Crippen molar-refractivity contribution < 1.29 is 19.8 Å². The predicted octanol–water partition coefficient (Wildman–Crippen LogP) is -0.127. The molecule has 92 valence electrons. The van der Waals surface area contributed by atoms with E-state index < -0.39 is 23.5 Å². The van der Waals surface area contributed by atoms with E-state index in [9.17, 15) is 14.7 Å². The molecular weight excluding hydrogens is 224 g/mol. The minimum Gasteiger partial charge on any atom is -0.504 e. The van der Waals surface area contributed by atoms with E-state index in [-0.39, 0.29) is 24.2 Å². The molecule has 6 N–H and O–H groups in total. The van der Waals surface area contributed by atoms with Gasteiger partial charge in [-0.05, 0) is 24.6 Å². The average molecular weight is 238 g/mol. The molecule has 0 bridgehead atoms. The topological polar surface area (TPSA) is 127 Å². The van der Waals surface area contributed by atoms with Crippen LogP contribution >= 0.6 is 0 Å². The van der Waals surface area contributed by atoms with E-state index >= 15 is 0 Å². The van der Waals surface area contributed by atoms with Crippen LogP contribution in [-0.4, -0.2) is 27.9 Å². The number of rotatable bonds is 5. The summed E-state index contributed by atoms with van der Waals surface area (Å²) in [4.78, 5) is 22.3. The maximum atomic E-state index is 11.8. The first-order valence-electron chi connectivity index (χ1n) is 5.02. The Kier molecular flexibility index (Phi) is 4.06. The molecule has 0 saturated heterocycles. The number of hydrogen-bond donors (Lipinski definition) is 4. The first-order chi connectivity index (χ1) is 7.91. The van der Waals surface area contributed by atoms with Gasteiger partial charge in [-0.2, -0.15) is 0 Å². The third-order valence-corrected chi connectivity index (χ3v) is 2.30. The maximum Gasteiger partial charge on any atom is 0.217 e. The van der Waals surface area contributed by atoms with Gasteiger partial charge in [0.2, 0.25) is 5.91 Å². The highest BCUT2D eigenvalue weighted by Gasteiger charge is 2.17. The molecule has 0 radical (unpaired) electrons. The van der Waals surface area contributed by atoms with Crippen LogP contribution in [0.1, 0.15) is 23.2 Å². The van der Waals surface area contributed by atoms with Gasteiger partial charge in [0.05, 0.1) is 6.04 Å². The minimum atomic E-state index is -0.855. The lowest BCUT2D eigenvalue weighted by Crippen LogP contribution is -2.31. The Bertz CT molecular complexity index is 445. The van der Waals surface area contributed by atoms with E-state index in [1.807, 2.05) is 0 Å². The highest BCUT2D eigenvalue weighted by Crippen LogP contribution is 2.25. The second-order valence-electron chi connectivity index (χ2n) is 3.68. The molecule has 0 heterocycles. The Labute approximate surface area is 97.8 Å². The van der Waals surface area contributed by atoms with Gasteiger partial charge in [-0.3, -0.25) is 9.59 Å². The lowest BCUT2D eigenvalue weighted by molar-refractivity contribution is -0.118. The lowest BCUT2D eigenvalue weighted by atomic mass is 10.0. The van der Waals surface area contributed by atoms with Gasteiger partial charge < -0.3 is 21.7 Å². The van der Waals surface area contributed by atoms with E-state index in [2.05, 4.69) is 0 Å². The third-order valence-electron chi connectivity index (χ3n) is 2.30. The molecular formula is C11H14N2O4. The van der Waals surface area contributed by atoms with Crippen LogP contribution in [0.3, 0.4) is 0 Å². The molecule has 1 atom stereocenters. The van der Waals surface area contributed by atoms with Gasteiger partial charge in [0.25, 0.3) is 0 Å². The number of phenolic OH excluding ortho intramolecular Hbond substituents is 2. The van der Waals surface area contributed by atoms with E-state index in [0.29, 0.717) is 0 Å². The highest BCUT2D eigenvalue weighted by atomic mass is 16.3. The summed E-state index contributed by atoms with van der Waals surface area (Å²) in [6, 6.07) is 2.82. The number of nitrogens with two attached hydrogens (primary N) is 2. The molecule has 1 rings (SSSR count). The molecule has 0 aliphatic heterocycles. The fourth-order valence-corrected chi connectivity index (χ4v) is 1.32. The summed E-state index contributed by atoms with van der Waals surface area (Å²) < 4.78 is 0. The quantitative estimate of drug-likeness (QED) is 0.420. The fourth-order valence-electron chi connectivity index (χ4n) is 1.32. The molecule has 0 spiro atoms. The minimum absolute atomic E-state index is 0.0248. The van der Waals surface area contributed by atoms with E-state index in [0.717, 1.165) is 6.07 Å². The van der Waals surface area contributed by atoms with Crippen molar-refractivity contribution in [3.63, 3.8) is 0 Å². The van der Waals surface area contributed by atoms with E-state index in [4.69, 9.17) is 16.6 Å². The molecule has 0 aliphatic carbocycles. The summed E-state index contributed by atoms with van der Waals surface area (Å²) >= 11 is 0. The second-order valence-corrected chi connectivity index (χ2v) is 3.68. The number of phenols is 2. The summed E-state index contributed by atoms with van der Waals surface area (Å²) in [6.45, 7) is 0. The molecule has 6 heteroatoms. The number of Topliss-reactive ketones (excluding diaryl/α,β-unsaturated/α-hetero) is 1. The Hall–Kier alpha value is -2.08. The van der Waals surface area contributed by atoms with Gasteiger partial charge in [0, 0.05) is 12.0 Å². The van der Waals surface area contributed by atoms with Crippen LogP contribution in [0.5, 0.6) is 11.5 Å². The van der Waals surface area contributed by atoms with Crippen LogP contribution in [0.25, 0.3) is 0 Å². The van der Waals surface area contributed by atoms with Crippen molar-refractivity contribution in [1.29, 1.82) is 0 Å². The number of aromatic hydroxyl groups is 2. The van der Waals surface area contributed by atoms with Crippen molar-refractivity contribution in [2.45, 2.75) is 18.9 Å². The molecule has 0 fully saturated rings. The molecule has 1 unspecified atom stereocenters. The predicted molar refractivity (Wildman–Crippen MR) is 60.5 cm³/mol. The normalized spacial score (nSPS) is 12.1. The zero-order chi connectivity index (χ0) is 13.0. The number of benzene rings is 1. The van der Waals surface area contributed by atoms with Crippen LogP contribution in [0, 0.1) is 0 Å². The van der Waals surface area contributed by atoms with Crippen molar-refractivity contribution in [3.8, 4) is 11.5 Å². The van der Waals surface area contributed by atoms with Gasteiger partial charge in [0.1, 0.15) is 0 Å². The number of hydrogen-bond acceptors (Lipinski definition) is 5. The molecule has 0 saturated carbocycles. The Morgan fingerprint density at radius 1 is 1.24 bits per heavy atom. The average Bonchev–Trinajstić information content (AvgIpc) is 2.28. The summed E-state index contributed by atoms with van der Waals surface area (Å²) in [5, 5.41) is 18.3.